The van der Waals surface area contributed by atoms with Crippen molar-refractivity contribution < 1.29 is 23.8 Å². The molecule has 2 aromatic carbocycles. The smallest absolute Gasteiger partial charge is 0.242 e. The van der Waals surface area contributed by atoms with E-state index in [0.717, 1.165) is 11.1 Å². The zero-order valence-electron chi connectivity index (χ0n) is 27.8. The van der Waals surface area contributed by atoms with E-state index in [0.29, 0.717) is 59.1 Å². The van der Waals surface area contributed by atoms with Crippen LogP contribution in [0.3, 0.4) is 0 Å². The molecule has 1 aliphatic carbocycles. The second-order valence-electron chi connectivity index (χ2n) is 12.1. The Labute approximate surface area is 273 Å². The van der Waals surface area contributed by atoms with Gasteiger partial charge in [-0.15, -0.1) is 10.2 Å². The lowest BCUT2D eigenvalue weighted by Gasteiger charge is -2.22. The van der Waals surface area contributed by atoms with Crippen LogP contribution in [0.1, 0.15) is 69.6 Å². The van der Waals surface area contributed by atoms with Crippen molar-refractivity contribution in [3.8, 4) is 28.4 Å². The molecule has 0 spiro atoms. The molecule has 47 heavy (non-hydrogen) atoms. The number of benzene rings is 1. The number of ether oxygens (including phenoxy) is 3. The van der Waals surface area contributed by atoms with Crippen molar-refractivity contribution in [1.29, 1.82) is 0 Å². The quantitative estimate of drug-likeness (QED) is 0.214. The molecule has 0 saturated heterocycles. The number of hydrogen-bond acceptors (Lipinski definition) is 9. The number of nitrogens with zero attached hydrogens (tertiary/aromatic N) is 3. The van der Waals surface area contributed by atoms with Gasteiger partial charge < -0.3 is 30.2 Å². The number of carbonyl (C=O) groups is 2. The average molecular weight is 643 g/mol. The van der Waals surface area contributed by atoms with Crippen molar-refractivity contribution in [2.24, 2.45) is 5.92 Å². The Balaban J connectivity index is 1.52. The molecule has 12 nitrogen and oxygen atoms in total. The molecule has 248 valence electrons. The topological polar surface area (TPSA) is 145 Å². The second kappa shape index (κ2) is 14.1. The Morgan fingerprint density at radius 2 is 1.77 bits per heavy atom. The lowest BCUT2D eigenvalue weighted by atomic mass is 9.95. The Bertz CT molecular complexity index is 1850. The van der Waals surface area contributed by atoms with Gasteiger partial charge in [0.05, 0.1) is 39.1 Å². The standard InChI is InChI=1S/C35H42N6O6/c1-19(2)16-27(34-40-39-30-10-8-9-15-41(30)34)38-35(44)20(3)36-26-14-12-23-24(18-28(26)43)25(37-21(4)42)13-11-22-17-29(45-5)32(46-6)33(47-7)31(22)23/h8-10,12,14-15,17-20,25,27H,11,13,16H2,1-7H3,(H,36,43)(H,37,42)(H,38,44)/t20-,25-,27-/m0/s1. The van der Waals surface area contributed by atoms with Crippen LogP contribution in [0.5, 0.6) is 17.2 Å². The first kappa shape index (κ1) is 33.2. The highest BCUT2D eigenvalue weighted by molar-refractivity contribution is 5.86. The first-order valence-corrected chi connectivity index (χ1v) is 15.7. The fourth-order valence-corrected chi connectivity index (χ4v) is 6.22. The molecule has 1 aliphatic rings. The summed E-state index contributed by atoms with van der Waals surface area (Å²) in [5.74, 6) is 1.80. The lowest BCUT2D eigenvalue weighted by Crippen LogP contribution is -2.41. The van der Waals surface area contributed by atoms with Crippen molar-refractivity contribution in [2.75, 3.05) is 26.6 Å². The molecule has 5 rings (SSSR count). The van der Waals surface area contributed by atoms with Gasteiger partial charge in [-0.25, -0.2) is 0 Å². The first-order chi connectivity index (χ1) is 22.6. The number of hydrogen-bond donors (Lipinski definition) is 3. The molecule has 0 bridgehead atoms. The molecule has 0 saturated carbocycles. The summed E-state index contributed by atoms with van der Waals surface area (Å²) in [6.45, 7) is 7.31. The van der Waals surface area contributed by atoms with Crippen LogP contribution in [-0.2, 0) is 16.0 Å². The lowest BCUT2D eigenvalue weighted by molar-refractivity contribution is -0.122. The summed E-state index contributed by atoms with van der Waals surface area (Å²) in [6.07, 6.45) is 3.65. The van der Waals surface area contributed by atoms with Gasteiger partial charge in [0.25, 0.3) is 0 Å². The summed E-state index contributed by atoms with van der Waals surface area (Å²) in [4.78, 5) is 39.6. The monoisotopic (exact) mass is 642 g/mol. The third-order valence-electron chi connectivity index (χ3n) is 8.36. The highest BCUT2D eigenvalue weighted by Crippen LogP contribution is 2.50. The molecule has 2 aromatic heterocycles. The van der Waals surface area contributed by atoms with Gasteiger partial charge in [0, 0.05) is 18.7 Å². The van der Waals surface area contributed by atoms with Crippen LogP contribution in [0.2, 0.25) is 0 Å². The molecule has 2 amide bonds. The number of carbonyl (C=O) groups excluding carboxylic acids is 2. The average Bonchev–Trinajstić information content (AvgIpc) is 3.34. The Kier molecular flexibility index (Phi) is 9.97. The van der Waals surface area contributed by atoms with Gasteiger partial charge in [0.2, 0.25) is 23.0 Å². The Morgan fingerprint density at radius 1 is 1.00 bits per heavy atom. The molecule has 0 radical (unpaired) electrons. The molecule has 0 aliphatic heterocycles. The zero-order valence-corrected chi connectivity index (χ0v) is 27.8. The summed E-state index contributed by atoms with van der Waals surface area (Å²) in [6, 6.07) is 10.9. The summed E-state index contributed by atoms with van der Waals surface area (Å²) in [5.41, 5.74) is 3.60. The normalized spacial score (nSPS) is 15.1. The first-order valence-electron chi connectivity index (χ1n) is 15.7. The summed E-state index contributed by atoms with van der Waals surface area (Å²) in [7, 11) is 4.65. The van der Waals surface area contributed by atoms with E-state index >= 15 is 0 Å². The van der Waals surface area contributed by atoms with E-state index in [9.17, 15) is 14.4 Å². The molecular weight excluding hydrogens is 600 g/mol. The van der Waals surface area contributed by atoms with E-state index in [1.807, 2.05) is 40.9 Å². The summed E-state index contributed by atoms with van der Waals surface area (Å²) >= 11 is 0. The Hall–Kier alpha value is -5.13. The van der Waals surface area contributed by atoms with E-state index < -0.39 is 18.1 Å². The number of fused-ring (bicyclic) bond motifs is 4. The molecule has 2 heterocycles. The predicted octanol–water partition coefficient (Wildman–Crippen LogP) is 4.61. The summed E-state index contributed by atoms with van der Waals surface area (Å²) < 4.78 is 19.0. The van der Waals surface area contributed by atoms with Crippen LogP contribution >= 0.6 is 0 Å². The molecule has 12 heteroatoms. The van der Waals surface area contributed by atoms with Crippen LogP contribution in [-0.4, -0.2) is 53.8 Å². The van der Waals surface area contributed by atoms with Crippen LogP contribution in [0.25, 0.3) is 16.8 Å². The third kappa shape index (κ3) is 6.86. The van der Waals surface area contributed by atoms with Gasteiger partial charge in [-0.3, -0.25) is 18.8 Å². The van der Waals surface area contributed by atoms with E-state index in [1.54, 1.807) is 27.2 Å². The van der Waals surface area contributed by atoms with Gasteiger partial charge in [-0.05, 0) is 79.1 Å². The van der Waals surface area contributed by atoms with Crippen molar-refractivity contribution in [1.82, 2.24) is 25.2 Å². The number of methoxy groups -OCH3 is 3. The fraction of sp³-hybridized carbons (Fsp3) is 0.400. The fourth-order valence-electron chi connectivity index (χ4n) is 6.22. The second-order valence-corrected chi connectivity index (χ2v) is 12.1. The van der Waals surface area contributed by atoms with E-state index in [2.05, 4.69) is 40.0 Å². The minimum absolute atomic E-state index is 0.215. The van der Waals surface area contributed by atoms with Crippen molar-refractivity contribution in [3.63, 3.8) is 0 Å². The molecule has 0 fully saturated rings. The van der Waals surface area contributed by atoms with Crippen LogP contribution in [0, 0.1) is 5.92 Å². The molecule has 0 unspecified atom stereocenters. The van der Waals surface area contributed by atoms with E-state index in [4.69, 9.17) is 14.2 Å². The zero-order chi connectivity index (χ0) is 33.8. The van der Waals surface area contributed by atoms with E-state index in [-0.39, 0.29) is 28.8 Å². The van der Waals surface area contributed by atoms with Gasteiger partial charge in [-0.1, -0.05) is 26.0 Å². The minimum atomic E-state index is -0.768. The molecular formula is C35H42N6O6. The van der Waals surface area contributed by atoms with Gasteiger partial charge in [0.1, 0.15) is 6.04 Å². The number of amides is 2. The number of pyridine rings is 1. The number of anilines is 1. The Morgan fingerprint density at radius 3 is 2.45 bits per heavy atom. The highest BCUT2D eigenvalue weighted by atomic mass is 16.5. The number of nitrogens with one attached hydrogen (secondary N) is 3. The number of aryl methyl sites for hydroxylation is 1. The maximum absolute atomic E-state index is 13.8. The van der Waals surface area contributed by atoms with Crippen molar-refractivity contribution in [2.45, 2.75) is 65.1 Å². The maximum Gasteiger partial charge on any atom is 0.242 e. The van der Waals surface area contributed by atoms with E-state index in [1.165, 1.54) is 20.1 Å². The predicted molar refractivity (Wildman–Crippen MR) is 179 cm³/mol. The van der Waals surface area contributed by atoms with Crippen molar-refractivity contribution >= 4 is 23.1 Å². The molecule has 3 atom stereocenters. The summed E-state index contributed by atoms with van der Waals surface area (Å²) in [5, 5.41) is 17.9. The largest absolute Gasteiger partial charge is 0.493 e. The SMILES string of the molecule is COc1cc2c(c(OC)c1OC)-c1ccc(N[C@@H](C)C(=O)N[C@@H](CC(C)C)c3nnc4ccccn34)c(=O)cc1[C@@H](NC(C)=O)CC2. The molecule has 3 N–H and O–H groups in total. The van der Waals surface area contributed by atoms with Gasteiger partial charge in [-0.2, -0.15) is 0 Å². The highest BCUT2D eigenvalue weighted by Gasteiger charge is 2.30. The molecule has 4 aromatic rings. The van der Waals surface area contributed by atoms with Gasteiger partial charge >= 0.3 is 0 Å². The number of aromatic nitrogens is 3. The minimum Gasteiger partial charge on any atom is -0.493 e. The van der Waals surface area contributed by atoms with Crippen molar-refractivity contribution in [3.05, 3.63) is 75.8 Å². The van der Waals surface area contributed by atoms with Gasteiger partial charge in [0.15, 0.2) is 23.0 Å². The van der Waals surface area contributed by atoms with Crippen LogP contribution < -0.4 is 35.6 Å². The van der Waals surface area contributed by atoms with Crippen LogP contribution in [0.15, 0.2) is 53.5 Å². The third-order valence-corrected chi connectivity index (χ3v) is 8.36. The van der Waals surface area contributed by atoms with Crippen LogP contribution in [0.4, 0.5) is 5.69 Å². The number of rotatable bonds is 11. The maximum atomic E-state index is 13.8.